The van der Waals surface area contributed by atoms with Crippen LogP contribution >= 0.6 is 11.6 Å². The number of carbonyl (C=O) groups excluding carboxylic acids is 1. The predicted octanol–water partition coefficient (Wildman–Crippen LogP) is 6.67. The number of rotatable bonds is 12. The second-order valence-electron chi connectivity index (χ2n) is 8.36. The molecule has 0 aromatic heterocycles. The van der Waals surface area contributed by atoms with Crippen molar-refractivity contribution in [1.29, 1.82) is 0 Å². The fraction of sp³-hybridized carbons (Fsp3) is 0.161. The molecule has 39 heavy (non-hydrogen) atoms. The Hall–Kier alpha value is -4.49. The van der Waals surface area contributed by atoms with Gasteiger partial charge in [-0.2, -0.15) is 5.10 Å². The zero-order valence-electron chi connectivity index (χ0n) is 21.7. The summed E-state index contributed by atoms with van der Waals surface area (Å²) in [6.45, 7) is 3.06. The Balaban J connectivity index is 1.37. The van der Waals surface area contributed by atoms with E-state index in [-0.39, 0.29) is 5.91 Å². The number of nitrogens with one attached hydrogen (secondary N) is 1. The maximum absolute atomic E-state index is 12.7. The van der Waals surface area contributed by atoms with Gasteiger partial charge in [0.2, 0.25) is 0 Å². The third-order valence-electron chi connectivity index (χ3n) is 5.65. The van der Waals surface area contributed by atoms with Crippen LogP contribution < -0.4 is 24.4 Å². The number of methoxy groups -OCH3 is 1. The van der Waals surface area contributed by atoms with Crippen LogP contribution in [0.2, 0.25) is 5.02 Å². The van der Waals surface area contributed by atoms with Crippen molar-refractivity contribution < 1.29 is 23.7 Å². The zero-order chi connectivity index (χ0) is 27.5. The van der Waals surface area contributed by atoms with E-state index in [9.17, 15) is 4.79 Å². The van der Waals surface area contributed by atoms with Crippen molar-refractivity contribution in [3.63, 3.8) is 0 Å². The first-order valence-corrected chi connectivity index (χ1v) is 12.8. The van der Waals surface area contributed by atoms with Gasteiger partial charge in [-0.15, -0.1) is 0 Å². The number of amides is 1. The van der Waals surface area contributed by atoms with Gasteiger partial charge >= 0.3 is 0 Å². The fourth-order valence-corrected chi connectivity index (χ4v) is 3.85. The van der Waals surface area contributed by atoms with Crippen molar-refractivity contribution in [3.05, 3.63) is 118 Å². The lowest BCUT2D eigenvalue weighted by molar-refractivity contribution is 0.0954. The summed E-state index contributed by atoms with van der Waals surface area (Å²) in [4.78, 5) is 12.7. The van der Waals surface area contributed by atoms with E-state index in [1.54, 1.807) is 30.3 Å². The Morgan fingerprint density at radius 1 is 0.821 bits per heavy atom. The van der Waals surface area contributed by atoms with Gasteiger partial charge in [-0.1, -0.05) is 60.1 Å². The van der Waals surface area contributed by atoms with Gasteiger partial charge in [0.05, 0.1) is 19.9 Å². The molecule has 0 heterocycles. The van der Waals surface area contributed by atoms with Crippen molar-refractivity contribution in [2.24, 2.45) is 5.10 Å². The van der Waals surface area contributed by atoms with Crippen molar-refractivity contribution >= 4 is 23.7 Å². The van der Waals surface area contributed by atoms with E-state index in [1.165, 1.54) is 13.3 Å². The molecule has 200 valence electrons. The third-order valence-corrected chi connectivity index (χ3v) is 6.02. The average Bonchev–Trinajstić information content (AvgIpc) is 2.97. The molecule has 0 aliphatic heterocycles. The second kappa shape index (κ2) is 13.9. The molecule has 4 aromatic rings. The van der Waals surface area contributed by atoms with Crippen LogP contribution in [0.25, 0.3) is 0 Å². The molecule has 0 aliphatic carbocycles. The van der Waals surface area contributed by atoms with Crippen LogP contribution in [0.1, 0.15) is 34.0 Å². The van der Waals surface area contributed by atoms with Gasteiger partial charge in [0.25, 0.3) is 5.91 Å². The number of nitrogens with zero attached hydrogens (tertiary/aromatic N) is 1. The molecule has 1 amide bonds. The van der Waals surface area contributed by atoms with Crippen molar-refractivity contribution in [1.82, 2.24) is 5.43 Å². The van der Waals surface area contributed by atoms with Gasteiger partial charge in [0.15, 0.2) is 23.0 Å². The maximum Gasteiger partial charge on any atom is 0.271 e. The number of carbonyl (C=O) groups is 1. The van der Waals surface area contributed by atoms with Crippen LogP contribution in [0, 0.1) is 0 Å². The monoisotopic (exact) mass is 544 g/mol. The lowest BCUT2D eigenvalue weighted by Gasteiger charge is -2.13. The molecule has 0 aliphatic rings. The van der Waals surface area contributed by atoms with Crippen LogP contribution in [0.5, 0.6) is 23.0 Å². The van der Waals surface area contributed by atoms with E-state index < -0.39 is 0 Å². The Morgan fingerprint density at radius 2 is 1.54 bits per heavy atom. The molecular weight excluding hydrogens is 516 g/mol. The minimum Gasteiger partial charge on any atom is -0.493 e. The number of ether oxygens (including phenoxy) is 4. The molecule has 0 saturated heterocycles. The Bertz CT molecular complexity index is 1430. The van der Waals surface area contributed by atoms with Crippen LogP contribution in [0.3, 0.4) is 0 Å². The molecular formula is C31H29ClN2O5. The molecule has 8 heteroatoms. The first-order valence-electron chi connectivity index (χ1n) is 12.4. The molecule has 0 bridgehead atoms. The SMILES string of the molecule is CCOc1cc(/C=N/NC(=O)c2ccc(OCc3ccccc3)c(OC)c2)ccc1OCc1ccccc1Cl. The zero-order valence-corrected chi connectivity index (χ0v) is 22.5. The van der Waals surface area contributed by atoms with E-state index in [0.717, 1.165) is 16.7 Å². The van der Waals surface area contributed by atoms with Gasteiger partial charge in [-0.05, 0) is 60.5 Å². The summed E-state index contributed by atoms with van der Waals surface area (Å²) >= 11 is 6.23. The minimum absolute atomic E-state index is 0.308. The number of hydrazone groups is 1. The molecule has 7 nitrogen and oxygen atoms in total. The molecule has 0 saturated carbocycles. The molecule has 0 atom stereocenters. The number of halogens is 1. The summed E-state index contributed by atoms with van der Waals surface area (Å²) in [6.07, 6.45) is 1.53. The molecule has 4 aromatic carbocycles. The highest BCUT2D eigenvalue weighted by molar-refractivity contribution is 6.31. The molecule has 0 radical (unpaired) electrons. The van der Waals surface area contributed by atoms with Gasteiger partial charge < -0.3 is 18.9 Å². The number of hydrogen-bond donors (Lipinski definition) is 1. The minimum atomic E-state index is -0.385. The maximum atomic E-state index is 12.7. The summed E-state index contributed by atoms with van der Waals surface area (Å²) < 4.78 is 23.0. The quantitative estimate of drug-likeness (QED) is 0.159. The summed E-state index contributed by atoms with van der Waals surface area (Å²) in [5, 5.41) is 4.74. The fourth-order valence-electron chi connectivity index (χ4n) is 3.66. The van der Waals surface area contributed by atoms with Crippen molar-refractivity contribution in [2.75, 3.05) is 13.7 Å². The van der Waals surface area contributed by atoms with E-state index >= 15 is 0 Å². The van der Waals surface area contributed by atoms with E-state index in [0.29, 0.717) is 53.4 Å². The normalized spacial score (nSPS) is 10.7. The topological polar surface area (TPSA) is 78.4 Å². The lowest BCUT2D eigenvalue weighted by atomic mass is 10.2. The molecule has 4 rings (SSSR count). The van der Waals surface area contributed by atoms with Gasteiger partial charge in [-0.3, -0.25) is 4.79 Å². The summed E-state index contributed by atoms with van der Waals surface area (Å²) in [5.74, 6) is 1.76. The van der Waals surface area contributed by atoms with Gasteiger partial charge in [-0.25, -0.2) is 5.43 Å². The summed E-state index contributed by atoms with van der Waals surface area (Å²) in [5.41, 5.74) is 5.56. The van der Waals surface area contributed by atoms with Crippen LogP contribution in [0.4, 0.5) is 0 Å². The molecule has 0 unspecified atom stereocenters. The molecule has 0 fully saturated rings. The lowest BCUT2D eigenvalue weighted by Crippen LogP contribution is -2.17. The standard InChI is InChI=1S/C31H29ClN2O5/c1-3-37-30-17-23(13-15-28(30)39-21-25-11-7-8-12-26(25)32)19-33-34-31(35)24-14-16-27(29(18-24)36-2)38-20-22-9-5-4-6-10-22/h4-19H,3,20-21H2,1-2H3,(H,34,35)/b33-19+. The smallest absolute Gasteiger partial charge is 0.271 e. The number of benzene rings is 4. The van der Waals surface area contributed by atoms with Crippen molar-refractivity contribution in [3.8, 4) is 23.0 Å². The Morgan fingerprint density at radius 3 is 2.31 bits per heavy atom. The van der Waals surface area contributed by atoms with E-state index in [2.05, 4.69) is 10.5 Å². The van der Waals surface area contributed by atoms with Crippen molar-refractivity contribution in [2.45, 2.75) is 20.1 Å². The highest BCUT2D eigenvalue weighted by Gasteiger charge is 2.12. The molecule has 1 N–H and O–H groups in total. The number of hydrogen-bond acceptors (Lipinski definition) is 6. The van der Waals surface area contributed by atoms with E-state index in [4.69, 9.17) is 30.5 Å². The van der Waals surface area contributed by atoms with Gasteiger partial charge in [0, 0.05) is 16.1 Å². The van der Waals surface area contributed by atoms with Crippen LogP contribution in [-0.2, 0) is 13.2 Å². The van der Waals surface area contributed by atoms with Crippen LogP contribution in [-0.4, -0.2) is 25.8 Å². The van der Waals surface area contributed by atoms with Gasteiger partial charge in [0.1, 0.15) is 13.2 Å². The Labute approximate surface area is 232 Å². The molecule has 0 spiro atoms. The Kier molecular flexibility index (Phi) is 9.80. The first kappa shape index (κ1) is 27.5. The predicted molar refractivity (Wildman–Crippen MR) is 152 cm³/mol. The first-order chi connectivity index (χ1) is 19.1. The highest BCUT2D eigenvalue weighted by Crippen LogP contribution is 2.30. The van der Waals surface area contributed by atoms with Crippen LogP contribution in [0.15, 0.2) is 96.1 Å². The summed E-state index contributed by atoms with van der Waals surface area (Å²) in [6, 6.07) is 27.7. The second-order valence-corrected chi connectivity index (χ2v) is 8.77. The average molecular weight is 545 g/mol. The highest BCUT2D eigenvalue weighted by atomic mass is 35.5. The largest absolute Gasteiger partial charge is 0.493 e. The van der Waals surface area contributed by atoms with E-state index in [1.807, 2.05) is 67.6 Å². The third kappa shape index (κ3) is 7.75. The summed E-state index contributed by atoms with van der Waals surface area (Å²) in [7, 11) is 1.53.